The highest BCUT2D eigenvalue weighted by Gasteiger charge is 2.09. The zero-order valence-electron chi connectivity index (χ0n) is 16.2. The molecule has 0 unspecified atom stereocenters. The summed E-state index contributed by atoms with van der Waals surface area (Å²) in [6.07, 6.45) is 1.03. The molecule has 1 aliphatic rings. The van der Waals surface area contributed by atoms with Crippen LogP contribution in [0.3, 0.4) is 0 Å². The Morgan fingerprint density at radius 3 is 2.73 bits per heavy atom. The van der Waals surface area contributed by atoms with E-state index in [0.717, 1.165) is 75.5 Å². The first-order valence-corrected chi connectivity index (χ1v) is 9.43. The quantitative estimate of drug-likeness (QED) is 0.398. The minimum atomic E-state index is 0.593. The number of hydrogen-bond donors (Lipinski definition) is 2. The molecule has 2 N–H and O–H groups in total. The molecule has 0 radical (unpaired) electrons. The fourth-order valence-corrected chi connectivity index (χ4v) is 2.78. The summed E-state index contributed by atoms with van der Waals surface area (Å²) in [5.74, 6) is 2.23. The molecule has 1 aromatic carbocycles. The van der Waals surface area contributed by atoms with Crippen molar-refractivity contribution in [2.24, 2.45) is 4.99 Å². The van der Waals surface area contributed by atoms with E-state index in [1.54, 1.807) is 7.11 Å². The number of anilines is 1. The first kappa shape index (κ1) is 20.3. The smallest absolute Gasteiger partial charge is 0.195 e. The van der Waals surface area contributed by atoms with Crippen molar-refractivity contribution in [1.82, 2.24) is 10.2 Å². The van der Waals surface area contributed by atoms with Crippen LogP contribution in [0.25, 0.3) is 0 Å². The van der Waals surface area contributed by atoms with Gasteiger partial charge in [-0.05, 0) is 32.4 Å². The van der Waals surface area contributed by atoms with Crippen LogP contribution < -0.4 is 20.1 Å². The van der Waals surface area contributed by atoms with E-state index in [1.807, 2.05) is 25.1 Å². The van der Waals surface area contributed by atoms with Crippen LogP contribution in [0.4, 0.5) is 5.69 Å². The fourth-order valence-electron chi connectivity index (χ4n) is 2.78. The van der Waals surface area contributed by atoms with Gasteiger partial charge in [-0.25, -0.2) is 0 Å². The summed E-state index contributed by atoms with van der Waals surface area (Å²) in [6, 6.07) is 5.79. The number of nitrogens with zero attached hydrogens (tertiary/aromatic N) is 2. The van der Waals surface area contributed by atoms with E-state index in [9.17, 15) is 0 Å². The van der Waals surface area contributed by atoms with Gasteiger partial charge < -0.3 is 24.8 Å². The third-order valence-corrected chi connectivity index (χ3v) is 4.08. The molecule has 26 heavy (non-hydrogen) atoms. The number of aliphatic imine (C=N–C) groups is 1. The molecule has 0 aliphatic carbocycles. The second-order valence-electron chi connectivity index (χ2n) is 5.99. The van der Waals surface area contributed by atoms with Crippen molar-refractivity contribution in [2.45, 2.75) is 20.3 Å². The molecular formula is C19H32N4O3. The van der Waals surface area contributed by atoms with Crippen LogP contribution in [-0.4, -0.2) is 70.5 Å². The molecule has 0 saturated carbocycles. The number of ether oxygens (including phenoxy) is 3. The van der Waals surface area contributed by atoms with Gasteiger partial charge in [0.15, 0.2) is 17.5 Å². The van der Waals surface area contributed by atoms with Gasteiger partial charge in [-0.3, -0.25) is 9.89 Å². The number of hydrogen-bond acceptors (Lipinski definition) is 5. The van der Waals surface area contributed by atoms with E-state index in [0.29, 0.717) is 6.61 Å². The normalized spacial score (nSPS) is 15.6. The number of nitrogens with one attached hydrogen (secondary N) is 2. The Morgan fingerprint density at radius 2 is 2.04 bits per heavy atom. The van der Waals surface area contributed by atoms with Crippen LogP contribution in [-0.2, 0) is 4.74 Å². The summed E-state index contributed by atoms with van der Waals surface area (Å²) >= 11 is 0. The van der Waals surface area contributed by atoms with Gasteiger partial charge in [0.2, 0.25) is 0 Å². The topological polar surface area (TPSA) is 67.4 Å². The first-order chi connectivity index (χ1) is 12.8. The van der Waals surface area contributed by atoms with Gasteiger partial charge in [0, 0.05) is 44.5 Å². The van der Waals surface area contributed by atoms with Crippen LogP contribution in [0.15, 0.2) is 23.2 Å². The summed E-state index contributed by atoms with van der Waals surface area (Å²) in [5.41, 5.74) is 0.919. The van der Waals surface area contributed by atoms with E-state index in [2.05, 4.69) is 27.4 Å². The predicted molar refractivity (Wildman–Crippen MR) is 106 cm³/mol. The SMILES string of the molecule is CCNC(=NCCCN1CCOCC1)Nc1ccc(OC)c(OCC)c1. The average Bonchev–Trinajstić information content (AvgIpc) is 2.67. The lowest BCUT2D eigenvalue weighted by molar-refractivity contribution is 0.0377. The van der Waals surface area contributed by atoms with Crippen molar-refractivity contribution < 1.29 is 14.2 Å². The molecule has 0 spiro atoms. The minimum absolute atomic E-state index is 0.593. The summed E-state index contributed by atoms with van der Waals surface area (Å²) < 4.78 is 16.3. The van der Waals surface area contributed by atoms with Crippen molar-refractivity contribution in [1.29, 1.82) is 0 Å². The first-order valence-electron chi connectivity index (χ1n) is 9.43. The van der Waals surface area contributed by atoms with Crippen LogP contribution in [0.5, 0.6) is 11.5 Å². The number of benzene rings is 1. The summed E-state index contributed by atoms with van der Waals surface area (Å²) in [4.78, 5) is 7.10. The van der Waals surface area contributed by atoms with Crippen molar-refractivity contribution in [2.75, 3.05) is 65.0 Å². The Hall–Kier alpha value is -1.99. The van der Waals surface area contributed by atoms with Crippen molar-refractivity contribution in [3.63, 3.8) is 0 Å². The molecule has 1 aliphatic heterocycles. The lowest BCUT2D eigenvalue weighted by Crippen LogP contribution is -2.37. The number of methoxy groups -OCH3 is 1. The molecule has 0 amide bonds. The Labute approximate surface area is 156 Å². The zero-order chi connectivity index (χ0) is 18.6. The summed E-state index contributed by atoms with van der Waals surface area (Å²) in [7, 11) is 1.64. The summed E-state index contributed by atoms with van der Waals surface area (Å²) in [5, 5.41) is 6.62. The van der Waals surface area contributed by atoms with Gasteiger partial charge in [-0.1, -0.05) is 0 Å². The maximum Gasteiger partial charge on any atom is 0.195 e. The van der Waals surface area contributed by atoms with E-state index < -0.39 is 0 Å². The highest BCUT2D eigenvalue weighted by Crippen LogP contribution is 2.30. The van der Waals surface area contributed by atoms with Crippen LogP contribution in [0.2, 0.25) is 0 Å². The zero-order valence-corrected chi connectivity index (χ0v) is 16.2. The monoisotopic (exact) mass is 364 g/mol. The van der Waals surface area contributed by atoms with Gasteiger partial charge in [-0.2, -0.15) is 0 Å². The third kappa shape index (κ3) is 6.72. The molecule has 1 aromatic rings. The Kier molecular flexibility index (Phi) is 9.06. The fraction of sp³-hybridized carbons (Fsp3) is 0.632. The second-order valence-corrected chi connectivity index (χ2v) is 5.99. The lowest BCUT2D eigenvalue weighted by Gasteiger charge is -2.26. The Morgan fingerprint density at radius 1 is 1.23 bits per heavy atom. The van der Waals surface area contributed by atoms with E-state index in [-0.39, 0.29) is 0 Å². The molecule has 0 bridgehead atoms. The standard InChI is InChI=1S/C19H32N4O3/c1-4-20-19(21-9-6-10-23-11-13-25-14-12-23)22-16-7-8-17(24-3)18(15-16)26-5-2/h7-8,15H,4-6,9-14H2,1-3H3,(H2,20,21,22). The van der Waals surface area contributed by atoms with E-state index in [4.69, 9.17) is 14.2 Å². The number of rotatable bonds is 9. The molecule has 1 saturated heterocycles. The molecule has 7 heteroatoms. The highest BCUT2D eigenvalue weighted by atomic mass is 16.5. The second kappa shape index (κ2) is 11.6. The molecular weight excluding hydrogens is 332 g/mol. The molecule has 0 aromatic heterocycles. The Balaban J connectivity index is 1.90. The highest BCUT2D eigenvalue weighted by molar-refractivity contribution is 5.93. The minimum Gasteiger partial charge on any atom is -0.493 e. The largest absolute Gasteiger partial charge is 0.493 e. The van der Waals surface area contributed by atoms with Crippen LogP contribution in [0.1, 0.15) is 20.3 Å². The van der Waals surface area contributed by atoms with Crippen molar-refractivity contribution >= 4 is 11.6 Å². The van der Waals surface area contributed by atoms with Gasteiger partial charge in [0.05, 0.1) is 26.9 Å². The van der Waals surface area contributed by atoms with Gasteiger partial charge in [0.1, 0.15) is 0 Å². The van der Waals surface area contributed by atoms with Gasteiger partial charge in [0.25, 0.3) is 0 Å². The van der Waals surface area contributed by atoms with Gasteiger partial charge in [-0.15, -0.1) is 0 Å². The molecule has 146 valence electrons. The maximum absolute atomic E-state index is 5.63. The van der Waals surface area contributed by atoms with Crippen LogP contribution >= 0.6 is 0 Å². The predicted octanol–water partition coefficient (Wildman–Crippen LogP) is 2.19. The molecule has 1 heterocycles. The van der Waals surface area contributed by atoms with E-state index in [1.165, 1.54) is 0 Å². The maximum atomic E-state index is 5.63. The molecule has 0 atom stereocenters. The van der Waals surface area contributed by atoms with Crippen molar-refractivity contribution in [3.8, 4) is 11.5 Å². The van der Waals surface area contributed by atoms with Crippen molar-refractivity contribution in [3.05, 3.63) is 18.2 Å². The summed E-state index contributed by atoms with van der Waals surface area (Å²) in [6.45, 7) is 11.0. The number of morpholine rings is 1. The Bertz CT molecular complexity index is 560. The molecule has 7 nitrogen and oxygen atoms in total. The molecule has 1 fully saturated rings. The van der Waals surface area contributed by atoms with Gasteiger partial charge >= 0.3 is 0 Å². The lowest BCUT2D eigenvalue weighted by atomic mass is 10.2. The van der Waals surface area contributed by atoms with Crippen LogP contribution in [0, 0.1) is 0 Å². The van der Waals surface area contributed by atoms with E-state index >= 15 is 0 Å². The number of guanidine groups is 1. The average molecular weight is 364 g/mol. The third-order valence-electron chi connectivity index (χ3n) is 4.08. The molecule has 2 rings (SSSR count).